The van der Waals surface area contributed by atoms with Gasteiger partial charge in [-0.15, -0.1) is 11.3 Å². The first-order chi connectivity index (χ1) is 18.9. The number of carbonyl (C=O) groups excluding carboxylic acids is 1. The molecule has 0 saturated carbocycles. The van der Waals surface area contributed by atoms with Crippen LogP contribution in [0.4, 0.5) is 5.95 Å². The number of aryl methyl sites for hydroxylation is 1. The van der Waals surface area contributed by atoms with E-state index >= 15 is 0 Å². The second-order valence-electron chi connectivity index (χ2n) is 11.7. The van der Waals surface area contributed by atoms with Gasteiger partial charge in [0.05, 0.1) is 15.8 Å². The third-order valence-electron chi connectivity index (χ3n) is 7.20. The molecule has 0 radical (unpaired) electrons. The molecule has 1 aliphatic rings. The Balaban J connectivity index is 1.66. The SMILES string of the molecule is CC(=O)[C@@H](OC(C)(C)C)c1c(C)cc2nc(-c3ccnc(N4CC[C@H](N(C)C)C4)n3)sc2c1-c1ccc(Cl)cc1. The average molecular weight is 578 g/mol. The standard InChI is InChI=1S/C31H36ClN5O2S/c1-18-16-24-28(26(20-8-10-21(32)11-9-20)25(18)27(19(2)38)39-31(3,4)5)40-29(34-24)23-12-14-33-30(35-23)37-15-13-22(17-37)36(6)7/h8-12,14,16,22,27H,13,15,17H2,1-7H3/t22-,27+/m0/s1. The normalized spacial score (nSPS) is 16.7. The third kappa shape index (κ3) is 5.91. The van der Waals surface area contributed by atoms with E-state index < -0.39 is 11.7 Å². The summed E-state index contributed by atoms with van der Waals surface area (Å²) in [7, 11) is 4.23. The van der Waals surface area contributed by atoms with Gasteiger partial charge in [0, 0.05) is 41.5 Å². The molecule has 4 aromatic rings. The Morgan fingerprint density at radius 2 is 1.90 bits per heavy atom. The van der Waals surface area contributed by atoms with Gasteiger partial charge in [0.2, 0.25) is 5.95 Å². The predicted octanol–water partition coefficient (Wildman–Crippen LogP) is 6.97. The number of fused-ring (bicyclic) bond motifs is 1. The number of ether oxygens (including phenoxy) is 1. The smallest absolute Gasteiger partial charge is 0.225 e. The zero-order chi connectivity index (χ0) is 28.8. The average Bonchev–Trinajstić information content (AvgIpc) is 3.55. The lowest BCUT2D eigenvalue weighted by atomic mass is 9.90. The Bertz CT molecular complexity index is 1540. The zero-order valence-corrected chi connectivity index (χ0v) is 25.7. The molecule has 3 heterocycles. The summed E-state index contributed by atoms with van der Waals surface area (Å²) < 4.78 is 7.35. The zero-order valence-electron chi connectivity index (χ0n) is 24.2. The van der Waals surface area contributed by atoms with Crippen LogP contribution >= 0.6 is 22.9 Å². The van der Waals surface area contributed by atoms with Crippen molar-refractivity contribution >= 4 is 44.9 Å². The van der Waals surface area contributed by atoms with Crippen molar-refractivity contribution in [1.29, 1.82) is 0 Å². The highest BCUT2D eigenvalue weighted by molar-refractivity contribution is 7.22. The molecule has 0 spiro atoms. The van der Waals surface area contributed by atoms with Crippen molar-refractivity contribution in [1.82, 2.24) is 19.9 Å². The number of rotatable bonds is 7. The molecular weight excluding hydrogens is 542 g/mol. The molecule has 2 aromatic heterocycles. The van der Waals surface area contributed by atoms with E-state index in [0.717, 1.165) is 68.6 Å². The fraction of sp³-hybridized carbons (Fsp3) is 0.419. The molecule has 1 saturated heterocycles. The first kappa shape index (κ1) is 28.6. The summed E-state index contributed by atoms with van der Waals surface area (Å²) in [6, 6.07) is 12.2. The van der Waals surface area contributed by atoms with Crippen molar-refractivity contribution in [2.45, 2.75) is 58.8 Å². The monoisotopic (exact) mass is 577 g/mol. The number of hydrogen-bond acceptors (Lipinski definition) is 8. The Labute approximate surface area is 245 Å². The van der Waals surface area contributed by atoms with Crippen LogP contribution in [0.25, 0.3) is 32.0 Å². The van der Waals surface area contributed by atoms with Crippen molar-refractivity contribution in [2.24, 2.45) is 0 Å². The van der Waals surface area contributed by atoms with E-state index in [1.807, 2.05) is 64.2 Å². The highest BCUT2D eigenvalue weighted by Crippen LogP contribution is 2.44. The minimum Gasteiger partial charge on any atom is -0.360 e. The molecule has 0 bridgehead atoms. The van der Waals surface area contributed by atoms with Crippen LogP contribution in [-0.2, 0) is 9.53 Å². The summed E-state index contributed by atoms with van der Waals surface area (Å²) in [5.74, 6) is 0.686. The molecule has 0 unspecified atom stereocenters. The minimum atomic E-state index is -0.717. The second kappa shape index (κ2) is 11.2. The van der Waals surface area contributed by atoms with Crippen LogP contribution in [0.5, 0.6) is 0 Å². The van der Waals surface area contributed by atoms with Crippen LogP contribution in [-0.4, -0.2) is 64.5 Å². The van der Waals surface area contributed by atoms with Crippen LogP contribution in [0.15, 0.2) is 42.6 Å². The number of halogens is 1. The van der Waals surface area contributed by atoms with Crippen molar-refractivity contribution in [3.8, 4) is 21.8 Å². The Hall–Kier alpha value is -2.91. The number of Topliss-reactive ketones (excluding diaryl/α,β-unsaturated/α-hetero) is 1. The fourth-order valence-electron chi connectivity index (χ4n) is 5.23. The number of hydrogen-bond donors (Lipinski definition) is 0. The lowest BCUT2D eigenvalue weighted by Gasteiger charge is -2.29. The molecule has 2 aromatic carbocycles. The van der Waals surface area contributed by atoms with E-state index in [2.05, 4.69) is 34.9 Å². The lowest BCUT2D eigenvalue weighted by Crippen LogP contribution is -2.32. The van der Waals surface area contributed by atoms with E-state index in [4.69, 9.17) is 26.3 Å². The van der Waals surface area contributed by atoms with Gasteiger partial charge in [-0.1, -0.05) is 23.7 Å². The van der Waals surface area contributed by atoms with Crippen molar-refractivity contribution in [3.63, 3.8) is 0 Å². The maximum Gasteiger partial charge on any atom is 0.225 e. The van der Waals surface area contributed by atoms with Crippen LogP contribution in [0.2, 0.25) is 5.02 Å². The van der Waals surface area contributed by atoms with Gasteiger partial charge in [-0.2, -0.15) is 0 Å². The molecule has 1 aliphatic heterocycles. The Morgan fingerprint density at radius 1 is 1.18 bits per heavy atom. The summed E-state index contributed by atoms with van der Waals surface area (Å²) in [6.07, 6.45) is 2.18. The highest BCUT2D eigenvalue weighted by atomic mass is 35.5. The second-order valence-corrected chi connectivity index (χ2v) is 13.1. The van der Waals surface area contributed by atoms with E-state index in [1.54, 1.807) is 18.3 Å². The van der Waals surface area contributed by atoms with Gasteiger partial charge in [0.15, 0.2) is 5.78 Å². The summed E-state index contributed by atoms with van der Waals surface area (Å²) in [5.41, 5.74) is 4.86. The molecule has 2 atom stereocenters. The van der Waals surface area contributed by atoms with Gasteiger partial charge in [0.1, 0.15) is 16.8 Å². The van der Waals surface area contributed by atoms with Gasteiger partial charge in [0.25, 0.3) is 0 Å². The maximum atomic E-state index is 13.0. The largest absolute Gasteiger partial charge is 0.360 e. The molecule has 210 valence electrons. The number of benzene rings is 2. The van der Waals surface area contributed by atoms with Crippen molar-refractivity contribution in [3.05, 3.63) is 58.7 Å². The first-order valence-electron chi connectivity index (χ1n) is 13.5. The van der Waals surface area contributed by atoms with E-state index in [0.29, 0.717) is 11.1 Å². The van der Waals surface area contributed by atoms with Crippen molar-refractivity contribution < 1.29 is 9.53 Å². The first-order valence-corrected chi connectivity index (χ1v) is 14.7. The molecule has 9 heteroatoms. The highest BCUT2D eigenvalue weighted by Gasteiger charge is 2.31. The van der Waals surface area contributed by atoms with Gasteiger partial charge in [-0.3, -0.25) is 4.79 Å². The Kier molecular flexibility index (Phi) is 7.99. The molecule has 7 nitrogen and oxygen atoms in total. The number of ketones is 1. The number of anilines is 1. The topological polar surface area (TPSA) is 71.5 Å². The molecule has 5 rings (SSSR count). The van der Waals surface area contributed by atoms with Crippen LogP contribution in [0.1, 0.15) is 51.3 Å². The van der Waals surface area contributed by atoms with Gasteiger partial charge >= 0.3 is 0 Å². The number of carbonyl (C=O) groups is 1. The molecule has 0 amide bonds. The summed E-state index contributed by atoms with van der Waals surface area (Å²) in [5, 5.41) is 1.46. The van der Waals surface area contributed by atoms with Crippen LogP contribution in [0, 0.1) is 6.92 Å². The lowest BCUT2D eigenvalue weighted by molar-refractivity contribution is -0.138. The maximum absolute atomic E-state index is 13.0. The van der Waals surface area contributed by atoms with Crippen molar-refractivity contribution in [2.75, 3.05) is 32.1 Å². The summed E-state index contributed by atoms with van der Waals surface area (Å²) >= 11 is 7.83. The molecule has 40 heavy (non-hydrogen) atoms. The fourth-order valence-corrected chi connectivity index (χ4v) is 6.45. The number of aromatic nitrogens is 3. The quantitative estimate of drug-likeness (QED) is 0.235. The van der Waals surface area contributed by atoms with E-state index in [-0.39, 0.29) is 5.78 Å². The van der Waals surface area contributed by atoms with Gasteiger partial charge in [-0.25, -0.2) is 15.0 Å². The van der Waals surface area contributed by atoms with Gasteiger partial charge < -0.3 is 14.5 Å². The molecule has 0 N–H and O–H groups in total. The summed E-state index contributed by atoms with van der Waals surface area (Å²) in [4.78, 5) is 32.1. The molecule has 1 fully saturated rings. The predicted molar refractivity (Wildman–Crippen MR) is 164 cm³/mol. The Morgan fingerprint density at radius 3 is 2.52 bits per heavy atom. The third-order valence-corrected chi connectivity index (χ3v) is 8.57. The van der Waals surface area contributed by atoms with Crippen LogP contribution in [0.3, 0.4) is 0 Å². The van der Waals surface area contributed by atoms with E-state index in [1.165, 1.54) is 0 Å². The van der Waals surface area contributed by atoms with E-state index in [9.17, 15) is 4.79 Å². The minimum absolute atomic E-state index is 0.0422. The van der Waals surface area contributed by atoms with Gasteiger partial charge in [-0.05, 0) is 90.5 Å². The number of likely N-dealkylation sites (N-methyl/N-ethyl adjacent to an activating group) is 1. The molecular formula is C31H36ClN5O2S. The van der Waals surface area contributed by atoms with Crippen LogP contribution < -0.4 is 4.90 Å². The molecule has 0 aliphatic carbocycles. The number of nitrogens with zero attached hydrogens (tertiary/aromatic N) is 5. The summed E-state index contributed by atoms with van der Waals surface area (Å²) in [6.45, 7) is 11.3. The number of thiazole rings is 1.